The first kappa shape index (κ1) is 22.5. The highest BCUT2D eigenvalue weighted by atomic mass is 35.5. The number of nitrogens with one attached hydrogen (secondary N) is 2. The second-order valence-corrected chi connectivity index (χ2v) is 9.29. The van der Waals surface area contributed by atoms with Crippen LogP contribution in [0.3, 0.4) is 0 Å². The van der Waals surface area contributed by atoms with Crippen LogP contribution in [0.15, 0.2) is 26.6 Å². The Morgan fingerprint density at radius 3 is 2.43 bits per heavy atom. The summed E-state index contributed by atoms with van der Waals surface area (Å²) in [5, 5.41) is 25.9. The van der Waals surface area contributed by atoms with E-state index in [0.717, 1.165) is 27.0 Å². The van der Waals surface area contributed by atoms with E-state index in [-0.39, 0.29) is 28.1 Å². The number of hydroxylamine groups is 1. The lowest BCUT2D eigenvalue weighted by Gasteiger charge is -2.30. The van der Waals surface area contributed by atoms with Gasteiger partial charge >= 0.3 is 0 Å². The first-order valence-corrected chi connectivity index (χ1v) is 11.0. The number of sulfonamides is 1. The first-order chi connectivity index (χ1) is 14.1. The fourth-order valence-electron chi connectivity index (χ4n) is 3.37. The molecule has 4 N–H and O–H groups in total. The lowest BCUT2D eigenvalue weighted by molar-refractivity contribution is -0.0259. The van der Waals surface area contributed by atoms with Crippen molar-refractivity contribution in [1.82, 2.24) is 4.47 Å². The third-order valence-corrected chi connectivity index (χ3v) is 7.35. The van der Waals surface area contributed by atoms with Crippen LogP contribution < -0.4 is 21.5 Å². The van der Waals surface area contributed by atoms with Gasteiger partial charge in [0.1, 0.15) is 16.3 Å². The van der Waals surface area contributed by atoms with Gasteiger partial charge in [-0.05, 0) is 25.0 Å². The quantitative estimate of drug-likeness (QED) is 0.273. The van der Waals surface area contributed by atoms with Crippen molar-refractivity contribution in [1.29, 1.82) is 0 Å². The van der Waals surface area contributed by atoms with Crippen LogP contribution in [0.2, 0.25) is 5.02 Å². The van der Waals surface area contributed by atoms with Gasteiger partial charge in [-0.2, -0.15) is 0 Å². The molecule has 1 aliphatic carbocycles. The van der Waals surface area contributed by atoms with Crippen molar-refractivity contribution in [3.63, 3.8) is 0 Å². The Morgan fingerprint density at radius 1 is 1.17 bits per heavy atom. The van der Waals surface area contributed by atoms with Crippen LogP contribution in [0, 0.1) is 0 Å². The van der Waals surface area contributed by atoms with Gasteiger partial charge < -0.3 is 20.8 Å². The Balaban J connectivity index is 1.95. The van der Waals surface area contributed by atoms with Gasteiger partial charge in [0.15, 0.2) is 5.75 Å². The summed E-state index contributed by atoms with van der Waals surface area (Å²) in [7, 11) is -2.04. The summed E-state index contributed by atoms with van der Waals surface area (Å²) in [5.74, 6) is -0.733. The van der Waals surface area contributed by atoms with E-state index in [2.05, 4.69) is 15.5 Å². The van der Waals surface area contributed by atoms with Crippen molar-refractivity contribution in [3.8, 4) is 5.75 Å². The average molecular weight is 460 g/mol. The van der Waals surface area contributed by atoms with Crippen LogP contribution in [0.5, 0.6) is 5.75 Å². The summed E-state index contributed by atoms with van der Waals surface area (Å²) in [5.41, 5.74) is -1.86. The fraction of sp³-hybridized carbons (Fsp3) is 0.444. The highest BCUT2D eigenvalue weighted by Gasteiger charge is 2.32. The summed E-state index contributed by atoms with van der Waals surface area (Å²) in [6.45, 7) is 0. The fourth-order valence-corrected chi connectivity index (χ4v) is 4.93. The van der Waals surface area contributed by atoms with Crippen molar-refractivity contribution in [2.45, 2.75) is 42.7 Å². The SMILES string of the molecule is CON(C)S(=O)(=O)c1c(Cl)ccc(Nc2c(N[C@@H]3CCCC[C@H]3O)c(=O)c2=O)c1O. The van der Waals surface area contributed by atoms with Crippen molar-refractivity contribution < 1.29 is 23.5 Å². The van der Waals surface area contributed by atoms with Crippen molar-refractivity contribution in [2.75, 3.05) is 24.8 Å². The summed E-state index contributed by atoms with van der Waals surface area (Å²) in [6, 6.07) is 2.12. The van der Waals surface area contributed by atoms with E-state index in [1.807, 2.05) is 0 Å². The summed E-state index contributed by atoms with van der Waals surface area (Å²) < 4.78 is 25.6. The van der Waals surface area contributed by atoms with Gasteiger partial charge in [0.05, 0.1) is 30.0 Å². The number of anilines is 3. The monoisotopic (exact) mass is 459 g/mol. The molecule has 0 radical (unpaired) electrons. The number of aliphatic hydroxyl groups excluding tert-OH is 1. The largest absolute Gasteiger partial charge is 0.504 e. The Bertz CT molecular complexity index is 1130. The number of phenols is 1. The van der Waals surface area contributed by atoms with E-state index in [9.17, 15) is 28.2 Å². The molecule has 0 aromatic heterocycles. The third kappa shape index (κ3) is 3.91. The predicted octanol–water partition coefficient (Wildman–Crippen LogP) is 1.28. The molecule has 2 atom stereocenters. The zero-order chi connectivity index (χ0) is 22.2. The second-order valence-electron chi connectivity index (χ2n) is 7.01. The van der Waals surface area contributed by atoms with E-state index in [1.165, 1.54) is 12.1 Å². The van der Waals surface area contributed by atoms with Gasteiger partial charge in [-0.15, -0.1) is 0 Å². The lowest BCUT2D eigenvalue weighted by atomic mass is 9.92. The van der Waals surface area contributed by atoms with Crippen LogP contribution >= 0.6 is 11.6 Å². The molecule has 0 saturated heterocycles. The van der Waals surface area contributed by atoms with Crippen LogP contribution in [-0.4, -0.2) is 49.4 Å². The molecule has 0 aliphatic heterocycles. The van der Waals surface area contributed by atoms with E-state index in [4.69, 9.17) is 11.6 Å². The number of halogens is 1. The van der Waals surface area contributed by atoms with E-state index < -0.39 is 37.6 Å². The lowest BCUT2D eigenvalue weighted by Crippen LogP contribution is -2.43. The third-order valence-electron chi connectivity index (χ3n) is 5.17. The summed E-state index contributed by atoms with van der Waals surface area (Å²) in [6.07, 6.45) is 2.32. The van der Waals surface area contributed by atoms with Gasteiger partial charge in [-0.1, -0.05) is 28.9 Å². The molecule has 2 aromatic carbocycles. The maximum absolute atomic E-state index is 12.6. The normalized spacial score (nSPS) is 19.9. The van der Waals surface area contributed by atoms with Gasteiger partial charge in [0.2, 0.25) is 0 Å². The van der Waals surface area contributed by atoms with Gasteiger partial charge in [-0.3, -0.25) is 14.4 Å². The van der Waals surface area contributed by atoms with Crippen LogP contribution in [-0.2, 0) is 14.9 Å². The smallest absolute Gasteiger partial charge is 0.269 e. The second kappa shape index (κ2) is 8.52. The molecule has 2 aromatic rings. The van der Waals surface area contributed by atoms with Crippen molar-refractivity contribution >= 4 is 38.7 Å². The molecule has 10 nitrogen and oxygen atoms in total. The molecule has 0 heterocycles. The number of hydrogen-bond acceptors (Lipinski definition) is 9. The number of phenolic OH excluding ortho intramolecular Hbond substituents is 1. The molecule has 3 rings (SSSR count). The molecule has 0 bridgehead atoms. The van der Waals surface area contributed by atoms with E-state index in [0.29, 0.717) is 17.3 Å². The van der Waals surface area contributed by atoms with Crippen LogP contribution in [0.25, 0.3) is 0 Å². The Morgan fingerprint density at radius 2 is 1.80 bits per heavy atom. The Hall–Kier alpha value is -2.18. The average Bonchev–Trinajstić information content (AvgIpc) is 2.72. The molecule has 12 heteroatoms. The Labute approximate surface area is 177 Å². The van der Waals surface area contributed by atoms with Gasteiger partial charge in [-0.25, -0.2) is 8.42 Å². The zero-order valence-corrected chi connectivity index (χ0v) is 17.9. The maximum atomic E-state index is 12.6. The topological polar surface area (TPSA) is 145 Å². The number of aromatic hydroxyl groups is 1. The van der Waals surface area contributed by atoms with E-state index in [1.54, 1.807) is 0 Å². The molecule has 1 aliphatic rings. The molecular weight excluding hydrogens is 438 g/mol. The number of hydrogen-bond donors (Lipinski definition) is 4. The molecule has 1 fully saturated rings. The maximum Gasteiger partial charge on any atom is 0.269 e. The zero-order valence-electron chi connectivity index (χ0n) is 16.3. The number of rotatable bonds is 7. The van der Waals surface area contributed by atoms with Crippen LogP contribution in [0.4, 0.5) is 17.1 Å². The highest BCUT2D eigenvalue weighted by Crippen LogP contribution is 2.40. The number of benzene rings is 1. The van der Waals surface area contributed by atoms with Gasteiger partial charge in [0.25, 0.3) is 20.9 Å². The minimum Gasteiger partial charge on any atom is -0.504 e. The molecular formula is C18H22ClN3O7S. The molecule has 0 unspecified atom stereocenters. The minimum absolute atomic E-state index is 0.0151. The van der Waals surface area contributed by atoms with Crippen molar-refractivity contribution in [3.05, 3.63) is 37.6 Å². The molecule has 30 heavy (non-hydrogen) atoms. The predicted molar refractivity (Wildman–Crippen MR) is 112 cm³/mol. The standard InChI is InChI=1S/C18H22ClN3O7S/c1-22(29-2)30(27,28)18-9(19)7-8-11(15(18)24)21-14-13(16(25)17(14)26)20-10-5-3-4-6-12(10)23/h7-8,10,12,20-21,23-24H,3-6H2,1-2H3/t10-,12-/m1/s1. The summed E-state index contributed by atoms with van der Waals surface area (Å²) in [4.78, 5) is 28.2. The molecule has 0 spiro atoms. The van der Waals surface area contributed by atoms with Gasteiger partial charge in [0, 0.05) is 7.05 Å². The molecule has 0 amide bonds. The molecule has 1 saturated carbocycles. The Kier molecular flexibility index (Phi) is 6.39. The van der Waals surface area contributed by atoms with Crippen molar-refractivity contribution in [2.24, 2.45) is 0 Å². The number of aliphatic hydroxyl groups is 1. The minimum atomic E-state index is -4.29. The number of nitrogens with zero attached hydrogens (tertiary/aromatic N) is 1. The summed E-state index contributed by atoms with van der Waals surface area (Å²) >= 11 is 5.97. The van der Waals surface area contributed by atoms with E-state index >= 15 is 0 Å². The van der Waals surface area contributed by atoms with Crippen LogP contribution in [0.1, 0.15) is 25.7 Å². The molecule has 164 valence electrons. The first-order valence-electron chi connectivity index (χ1n) is 9.19. The highest BCUT2D eigenvalue weighted by molar-refractivity contribution is 7.89.